The molecule has 6 heteroatoms. The quantitative estimate of drug-likeness (QED) is 0.908. The van der Waals surface area contributed by atoms with Gasteiger partial charge in [-0.1, -0.05) is 11.3 Å². The molecule has 0 fully saturated rings. The van der Waals surface area contributed by atoms with E-state index in [2.05, 4.69) is 26.2 Å². The van der Waals surface area contributed by atoms with Crippen molar-refractivity contribution in [2.24, 2.45) is 0 Å². The maximum Gasteiger partial charge on any atom is 0.240 e. The van der Waals surface area contributed by atoms with Crippen LogP contribution in [0.2, 0.25) is 0 Å². The smallest absolute Gasteiger partial charge is 0.240 e. The van der Waals surface area contributed by atoms with E-state index >= 15 is 0 Å². The van der Waals surface area contributed by atoms with Gasteiger partial charge in [0.2, 0.25) is 6.43 Å². The molecule has 0 saturated heterocycles. The summed E-state index contributed by atoms with van der Waals surface area (Å²) in [6.45, 7) is 1.71. The molecular formula is C7H9BrF2N2S. The van der Waals surface area contributed by atoms with E-state index in [1.165, 1.54) is 11.3 Å². The zero-order chi connectivity index (χ0) is 9.84. The van der Waals surface area contributed by atoms with Crippen molar-refractivity contribution in [3.8, 4) is 0 Å². The lowest BCUT2D eigenvalue weighted by Gasteiger charge is -2.11. The molecule has 13 heavy (non-hydrogen) atoms. The first-order chi connectivity index (χ1) is 6.08. The molecule has 0 radical (unpaired) electrons. The van der Waals surface area contributed by atoms with Crippen LogP contribution in [0.1, 0.15) is 13.3 Å². The molecule has 1 atom stereocenters. The van der Waals surface area contributed by atoms with Gasteiger partial charge in [-0.3, -0.25) is 0 Å². The molecule has 0 aliphatic carbocycles. The third-order valence-corrected chi connectivity index (χ3v) is 2.79. The Morgan fingerprint density at radius 1 is 1.69 bits per heavy atom. The van der Waals surface area contributed by atoms with Crippen LogP contribution in [0.4, 0.5) is 13.9 Å². The van der Waals surface area contributed by atoms with Gasteiger partial charge in [0.15, 0.2) is 5.13 Å². The molecule has 0 saturated carbocycles. The summed E-state index contributed by atoms with van der Waals surface area (Å²) < 4.78 is 24.7. The fourth-order valence-electron chi connectivity index (χ4n) is 0.858. The fraction of sp³-hybridized carbons (Fsp3) is 0.571. The van der Waals surface area contributed by atoms with E-state index in [1.807, 2.05) is 0 Å². The Morgan fingerprint density at radius 2 is 2.38 bits per heavy atom. The van der Waals surface area contributed by atoms with Crippen molar-refractivity contribution in [1.82, 2.24) is 4.98 Å². The molecule has 1 unspecified atom stereocenters. The van der Waals surface area contributed by atoms with Gasteiger partial charge in [-0.15, -0.1) is 0 Å². The molecule has 0 bridgehead atoms. The number of hydrogen-bond acceptors (Lipinski definition) is 3. The average Bonchev–Trinajstić information content (AvgIpc) is 2.33. The summed E-state index contributed by atoms with van der Waals surface area (Å²) in [5.74, 6) is 0. The zero-order valence-corrected chi connectivity index (χ0v) is 9.33. The van der Waals surface area contributed by atoms with Gasteiger partial charge in [-0.25, -0.2) is 13.8 Å². The van der Waals surface area contributed by atoms with Crippen LogP contribution in [0.3, 0.4) is 0 Å². The number of alkyl halides is 2. The van der Waals surface area contributed by atoms with Crippen LogP contribution in [-0.2, 0) is 0 Å². The average molecular weight is 271 g/mol. The van der Waals surface area contributed by atoms with Crippen molar-refractivity contribution in [2.75, 3.05) is 5.32 Å². The molecule has 1 heterocycles. The highest BCUT2D eigenvalue weighted by molar-refractivity contribution is 9.11. The van der Waals surface area contributed by atoms with Crippen LogP contribution in [0.15, 0.2) is 9.98 Å². The van der Waals surface area contributed by atoms with Crippen LogP contribution in [0.5, 0.6) is 0 Å². The SMILES string of the molecule is CC(CC(F)F)Nc1ncc(Br)s1. The first-order valence-electron chi connectivity index (χ1n) is 3.74. The van der Waals surface area contributed by atoms with E-state index in [1.54, 1.807) is 13.1 Å². The van der Waals surface area contributed by atoms with Crippen molar-refractivity contribution in [2.45, 2.75) is 25.8 Å². The van der Waals surface area contributed by atoms with Gasteiger partial charge in [-0.05, 0) is 22.9 Å². The first-order valence-corrected chi connectivity index (χ1v) is 5.35. The Labute approximate surface area is 87.5 Å². The van der Waals surface area contributed by atoms with Gasteiger partial charge in [0.05, 0.1) is 9.98 Å². The van der Waals surface area contributed by atoms with Crippen LogP contribution >= 0.6 is 27.3 Å². The predicted octanol–water partition coefficient (Wildman–Crippen LogP) is 3.36. The second-order valence-corrected chi connectivity index (χ2v) is 5.05. The summed E-state index contributed by atoms with van der Waals surface area (Å²) in [5.41, 5.74) is 0. The largest absolute Gasteiger partial charge is 0.359 e. The van der Waals surface area contributed by atoms with E-state index < -0.39 is 6.43 Å². The van der Waals surface area contributed by atoms with Crippen molar-refractivity contribution in [3.05, 3.63) is 9.98 Å². The molecule has 0 amide bonds. The molecule has 0 aliphatic heterocycles. The third kappa shape index (κ3) is 3.99. The van der Waals surface area contributed by atoms with Crippen molar-refractivity contribution < 1.29 is 8.78 Å². The number of nitrogens with zero attached hydrogens (tertiary/aromatic N) is 1. The summed E-state index contributed by atoms with van der Waals surface area (Å²) >= 11 is 4.63. The lowest BCUT2D eigenvalue weighted by Crippen LogP contribution is -2.18. The summed E-state index contributed by atoms with van der Waals surface area (Å²) in [7, 11) is 0. The molecule has 0 aromatic carbocycles. The van der Waals surface area contributed by atoms with E-state index in [9.17, 15) is 8.78 Å². The van der Waals surface area contributed by atoms with Gasteiger partial charge < -0.3 is 5.32 Å². The topological polar surface area (TPSA) is 24.9 Å². The minimum atomic E-state index is -2.27. The highest BCUT2D eigenvalue weighted by Gasteiger charge is 2.11. The molecule has 1 rings (SSSR count). The number of halogens is 3. The third-order valence-electron chi connectivity index (χ3n) is 1.38. The number of rotatable bonds is 4. The van der Waals surface area contributed by atoms with Crippen LogP contribution in [-0.4, -0.2) is 17.5 Å². The molecular weight excluding hydrogens is 262 g/mol. The summed E-state index contributed by atoms with van der Waals surface area (Å²) in [6.07, 6.45) is -0.787. The maximum absolute atomic E-state index is 11.9. The van der Waals surface area contributed by atoms with Crippen LogP contribution < -0.4 is 5.32 Å². The molecule has 2 nitrogen and oxygen atoms in total. The van der Waals surface area contributed by atoms with E-state index in [0.717, 1.165) is 3.79 Å². The standard InChI is InChI=1S/C7H9BrF2N2S/c1-4(2-6(9)10)12-7-11-3-5(8)13-7/h3-4,6H,2H2,1H3,(H,11,12). The minimum Gasteiger partial charge on any atom is -0.359 e. The van der Waals surface area contributed by atoms with Crippen molar-refractivity contribution >= 4 is 32.4 Å². The summed E-state index contributed by atoms with van der Waals surface area (Å²) in [5, 5.41) is 3.56. The fourth-order valence-corrected chi connectivity index (χ4v) is 2.08. The molecule has 1 N–H and O–H groups in total. The molecule has 0 spiro atoms. The number of hydrogen-bond donors (Lipinski definition) is 1. The number of aromatic nitrogens is 1. The van der Waals surface area contributed by atoms with E-state index in [-0.39, 0.29) is 12.5 Å². The number of nitrogens with one attached hydrogen (secondary N) is 1. The van der Waals surface area contributed by atoms with Gasteiger partial charge in [0.25, 0.3) is 0 Å². The van der Waals surface area contributed by atoms with Gasteiger partial charge in [0, 0.05) is 12.5 Å². The van der Waals surface area contributed by atoms with Crippen molar-refractivity contribution in [1.29, 1.82) is 0 Å². The highest BCUT2D eigenvalue weighted by atomic mass is 79.9. The Morgan fingerprint density at radius 3 is 2.85 bits per heavy atom. The number of thiazole rings is 1. The van der Waals surface area contributed by atoms with E-state index in [4.69, 9.17) is 0 Å². The van der Waals surface area contributed by atoms with Gasteiger partial charge in [-0.2, -0.15) is 0 Å². The first kappa shape index (κ1) is 10.8. The van der Waals surface area contributed by atoms with Crippen LogP contribution in [0.25, 0.3) is 0 Å². The van der Waals surface area contributed by atoms with Crippen LogP contribution in [0, 0.1) is 0 Å². The highest BCUT2D eigenvalue weighted by Crippen LogP contribution is 2.24. The molecule has 0 aliphatic rings. The predicted molar refractivity (Wildman–Crippen MR) is 53.5 cm³/mol. The number of anilines is 1. The molecule has 1 aromatic rings. The van der Waals surface area contributed by atoms with Crippen molar-refractivity contribution in [3.63, 3.8) is 0 Å². The molecule has 1 aromatic heterocycles. The second-order valence-electron chi connectivity index (χ2n) is 2.64. The maximum atomic E-state index is 11.9. The summed E-state index contributed by atoms with van der Waals surface area (Å²) in [4.78, 5) is 3.98. The Balaban J connectivity index is 2.40. The lowest BCUT2D eigenvalue weighted by atomic mass is 10.2. The summed E-state index contributed by atoms with van der Waals surface area (Å²) in [6, 6.07) is -0.252. The lowest BCUT2D eigenvalue weighted by molar-refractivity contribution is 0.133. The van der Waals surface area contributed by atoms with E-state index in [0.29, 0.717) is 5.13 Å². The Bertz CT molecular complexity index is 267. The Kier molecular flexibility index (Phi) is 4.05. The molecule has 74 valence electrons. The zero-order valence-electron chi connectivity index (χ0n) is 6.93. The minimum absolute atomic E-state index is 0.156. The van der Waals surface area contributed by atoms with Gasteiger partial charge >= 0.3 is 0 Å². The second kappa shape index (κ2) is 4.85. The normalized spacial score (nSPS) is 13.3. The Hall–Kier alpha value is -0.230. The van der Waals surface area contributed by atoms with Gasteiger partial charge in [0.1, 0.15) is 0 Å². The monoisotopic (exact) mass is 270 g/mol.